The summed E-state index contributed by atoms with van der Waals surface area (Å²) in [6.07, 6.45) is 1.69. The van der Waals surface area contributed by atoms with E-state index in [0.29, 0.717) is 13.2 Å². The number of halogens is 1. The van der Waals surface area contributed by atoms with Crippen molar-refractivity contribution < 1.29 is 13.6 Å². The van der Waals surface area contributed by atoms with Crippen molar-refractivity contribution in [3.8, 4) is 0 Å². The van der Waals surface area contributed by atoms with Crippen LogP contribution in [0.3, 0.4) is 0 Å². The van der Waals surface area contributed by atoms with Gasteiger partial charge >= 0.3 is 6.95 Å². The summed E-state index contributed by atoms with van der Waals surface area (Å²) in [5.74, 6) is 0.112. The SMILES string of the molecule is C=CC1COP(=O)(Cl)OC1. The maximum Gasteiger partial charge on any atom is 0.424 e. The van der Waals surface area contributed by atoms with Gasteiger partial charge in [0.15, 0.2) is 0 Å². The maximum absolute atomic E-state index is 10.8. The summed E-state index contributed by atoms with van der Waals surface area (Å²) < 4.78 is 20.2. The monoisotopic (exact) mass is 182 g/mol. The van der Waals surface area contributed by atoms with E-state index in [1.807, 2.05) is 0 Å². The molecule has 1 rings (SSSR count). The van der Waals surface area contributed by atoms with Crippen molar-refractivity contribution >= 4 is 18.2 Å². The standard InChI is InChI=1S/C5H8ClO3P/c1-2-5-3-8-10(6,7)9-4-5/h2,5H,1,3-4H2. The van der Waals surface area contributed by atoms with Crippen LogP contribution in [0.5, 0.6) is 0 Å². The first-order chi connectivity index (χ1) is 4.64. The molecule has 1 aliphatic rings. The lowest BCUT2D eigenvalue weighted by Crippen LogP contribution is -2.17. The Bertz CT molecular complexity index is 170. The van der Waals surface area contributed by atoms with Crippen LogP contribution in [0.25, 0.3) is 0 Å². The van der Waals surface area contributed by atoms with E-state index in [0.717, 1.165) is 0 Å². The lowest BCUT2D eigenvalue weighted by atomic mass is 10.2. The lowest BCUT2D eigenvalue weighted by Gasteiger charge is -2.22. The second-order valence-corrected chi connectivity index (χ2v) is 4.64. The van der Waals surface area contributed by atoms with E-state index in [9.17, 15) is 4.57 Å². The van der Waals surface area contributed by atoms with Crippen LogP contribution in [-0.4, -0.2) is 13.2 Å². The van der Waals surface area contributed by atoms with Gasteiger partial charge in [0.05, 0.1) is 13.2 Å². The van der Waals surface area contributed by atoms with Gasteiger partial charge in [-0.25, -0.2) is 4.57 Å². The number of hydrogen-bond donors (Lipinski definition) is 0. The molecule has 1 aliphatic heterocycles. The third-order valence-corrected chi connectivity index (χ3v) is 2.72. The van der Waals surface area contributed by atoms with E-state index in [-0.39, 0.29) is 5.92 Å². The normalized spacial score (nSPS) is 41.1. The van der Waals surface area contributed by atoms with Gasteiger partial charge in [-0.15, -0.1) is 6.58 Å². The van der Waals surface area contributed by atoms with Crippen molar-refractivity contribution in [1.82, 2.24) is 0 Å². The topological polar surface area (TPSA) is 35.5 Å². The summed E-state index contributed by atoms with van der Waals surface area (Å²) in [5, 5.41) is 0. The van der Waals surface area contributed by atoms with Gasteiger partial charge in [0.1, 0.15) is 0 Å². The summed E-state index contributed by atoms with van der Waals surface area (Å²) in [6.45, 7) is 1.00. The van der Waals surface area contributed by atoms with E-state index < -0.39 is 6.95 Å². The molecule has 0 unspecified atom stereocenters. The highest BCUT2D eigenvalue weighted by molar-refractivity contribution is 7.81. The van der Waals surface area contributed by atoms with Crippen LogP contribution in [0.15, 0.2) is 12.7 Å². The van der Waals surface area contributed by atoms with Crippen molar-refractivity contribution in [2.75, 3.05) is 13.2 Å². The van der Waals surface area contributed by atoms with E-state index in [2.05, 4.69) is 6.58 Å². The molecule has 0 bridgehead atoms. The zero-order valence-electron chi connectivity index (χ0n) is 5.33. The van der Waals surface area contributed by atoms with Crippen molar-refractivity contribution in [2.24, 2.45) is 5.92 Å². The second kappa shape index (κ2) is 3.05. The molecule has 3 nitrogen and oxygen atoms in total. The number of hydrogen-bond acceptors (Lipinski definition) is 3. The van der Waals surface area contributed by atoms with Gasteiger partial charge in [-0.05, 0) is 0 Å². The molecule has 0 N–H and O–H groups in total. The first-order valence-corrected chi connectivity index (χ1v) is 5.30. The molecule has 0 aromatic carbocycles. The molecule has 1 heterocycles. The summed E-state index contributed by atoms with van der Waals surface area (Å²) in [7, 11) is 0. The smallest absolute Gasteiger partial charge is 0.296 e. The van der Waals surface area contributed by atoms with Crippen LogP contribution < -0.4 is 0 Å². The van der Waals surface area contributed by atoms with Gasteiger partial charge in [0.2, 0.25) is 0 Å². The van der Waals surface area contributed by atoms with E-state index >= 15 is 0 Å². The Kier molecular flexibility index (Phi) is 2.53. The fourth-order valence-electron chi connectivity index (χ4n) is 0.591. The summed E-state index contributed by atoms with van der Waals surface area (Å²) in [5.41, 5.74) is 0. The molecule has 0 aromatic heterocycles. The second-order valence-electron chi connectivity index (χ2n) is 2.02. The fraction of sp³-hybridized carbons (Fsp3) is 0.600. The van der Waals surface area contributed by atoms with Crippen LogP contribution in [-0.2, 0) is 13.6 Å². The van der Waals surface area contributed by atoms with Gasteiger partial charge in [-0.3, -0.25) is 9.05 Å². The van der Waals surface area contributed by atoms with E-state index in [1.54, 1.807) is 6.08 Å². The minimum absolute atomic E-state index is 0.112. The minimum Gasteiger partial charge on any atom is -0.296 e. The highest BCUT2D eigenvalue weighted by Crippen LogP contribution is 2.56. The van der Waals surface area contributed by atoms with Gasteiger partial charge in [0.25, 0.3) is 0 Å². The molecule has 58 valence electrons. The van der Waals surface area contributed by atoms with Crippen molar-refractivity contribution in [3.63, 3.8) is 0 Å². The zero-order valence-corrected chi connectivity index (χ0v) is 6.98. The molecule has 0 radical (unpaired) electrons. The Hall–Kier alpha value is 0.180. The van der Waals surface area contributed by atoms with Crippen molar-refractivity contribution in [2.45, 2.75) is 0 Å². The average molecular weight is 183 g/mol. The van der Waals surface area contributed by atoms with Gasteiger partial charge < -0.3 is 0 Å². The van der Waals surface area contributed by atoms with E-state index in [4.69, 9.17) is 20.3 Å². The molecule has 1 saturated heterocycles. The average Bonchev–Trinajstić information content (AvgIpc) is 1.88. The zero-order chi connectivity index (χ0) is 7.61. The van der Waals surface area contributed by atoms with E-state index in [1.165, 1.54) is 0 Å². The van der Waals surface area contributed by atoms with Gasteiger partial charge in [-0.2, -0.15) is 0 Å². The van der Waals surface area contributed by atoms with Crippen LogP contribution in [0.4, 0.5) is 0 Å². The molecule has 0 aliphatic carbocycles. The third-order valence-electron chi connectivity index (χ3n) is 1.22. The Morgan fingerprint density at radius 1 is 1.60 bits per heavy atom. The predicted molar refractivity (Wildman–Crippen MR) is 39.1 cm³/mol. The molecular weight excluding hydrogens is 174 g/mol. The molecule has 10 heavy (non-hydrogen) atoms. The first-order valence-electron chi connectivity index (χ1n) is 2.85. The van der Waals surface area contributed by atoms with Crippen molar-refractivity contribution in [3.05, 3.63) is 12.7 Å². The molecule has 0 spiro atoms. The van der Waals surface area contributed by atoms with Crippen molar-refractivity contribution in [1.29, 1.82) is 0 Å². The van der Waals surface area contributed by atoms with Gasteiger partial charge in [0, 0.05) is 17.2 Å². The predicted octanol–water partition coefficient (Wildman–Crippen LogP) is 2.18. The first kappa shape index (κ1) is 8.28. The molecule has 0 atom stereocenters. The van der Waals surface area contributed by atoms with Gasteiger partial charge in [-0.1, -0.05) is 6.08 Å². The molecular formula is C5H8ClO3P. The molecule has 1 fully saturated rings. The van der Waals surface area contributed by atoms with Crippen LogP contribution in [0, 0.1) is 5.92 Å². The highest BCUT2D eigenvalue weighted by atomic mass is 35.7. The van der Waals surface area contributed by atoms with Crippen LogP contribution in [0.1, 0.15) is 0 Å². The Morgan fingerprint density at radius 3 is 2.50 bits per heavy atom. The molecule has 0 amide bonds. The molecule has 0 saturated carbocycles. The van der Waals surface area contributed by atoms with Crippen LogP contribution >= 0.6 is 18.2 Å². The lowest BCUT2D eigenvalue weighted by molar-refractivity contribution is 0.124. The summed E-state index contributed by atoms with van der Waals surface area (Å²) >= 11 is 5.27. The molecule has 5 heteroatoms. The molecule has 0 aromatic rings. The quantitative estimate of drug-likeness (QED) is 0.461. The Morgan fingerprint density at radius 2 is 2.10 bits per heavy atom. The third kappa shape index (κ3) is 2.10. The summed E-state index contributed by atoms with van der Waals surface area (Å²) in [6, 6.07) is 0. The largest absolute Gasteiger partial charge is 0.424 e. The Labute approximate surface area is 64.3 Å². The summed E-state index contributed by atoms with van der Waals surface area (Å²) in [4.78, 5) is 0. The number of rotatable bonds is 1. The highest BCUT2D eigenvalue weighted by Gasteiger charge is 2.28. The fourth-order valence-corrected chi connectivity index (χ4v) is 1.74. The Balaban J connectivity index is 2.45. The minimum atomic E-state index is -3.21. The van der Waals surface area contributed by atoms with Crippen LogP contribution in [0.2, 0.25) is 0 Å². The maximum atomic E-state index is 10.8.